The molecule has 2 amide bonds. The third kappa shape index (κ3) is 6.24. The lowest BCUT2D eigenvalue weighted by Crippen LogP contribution is -2.36. The number of nitrogens with zero attached hydrogens (tertiary/aromatic N) is 2. The van der Waals surface area contributed by atoms with Gasteiger partial charge in [-0.25, -0.2) is 18.7 Å². The maximum atomic E-state index is 13.5. The number of alkyl halides is 2. The maximum absolute atomic E-state index is 13.5. The van der Waals surface area contributed by atoms with Gasteiger partial charge in [-0.15, -0.1) is 0 Å². The smallest absolute Gasteiger partial charge is 0.270 e. The molecule has 1 saturated heterocycles. The quantitative estimate of drug-likeness (QED) is 0.382. The number of carbonyl (C=O) groups excluding carboxylic acids is 2. The van der Waals surface area contributed by atoms with Crippen LogP contribution in [0.2, 0.25) is 5.02 Å². The monoisotopic (exact) mass is 525 g/mol. The van der Waals surface area contributed by atoms with Gasteiger partial charge in [0, 0.05) is 23.6 Å². The van der Waals surface area contributed by atoms with E-state index in [-0.39, 0.29) is 16.8 Å². The minimum Gasteiger partial charge on any atom is -0.486 e. The zero-order valence-electron chi connectivity index (χ0n) is 18.0. The Labute approximate surface area is 208 Å². The van der Waals surface area contributed by atoms with Crippen LogP contribution in [-0.2, 0) is 14.3 Å². The molecule has 35 heavy (non-hydrogen) atoms. The van der Waals surface area contributed by atoms with Gasteiger partial charge in [0.15, 0.2) is 0 Å². The lowest BCUT2D eigenvalue weighted by molar-refractivity contribution is -0.125. The van der Waals surface area contributed by atoms with Crippen molar-refractivity contribution in [1.82, 2.24) is 15.3 Å². The highest BCUT2D eigenvalue weighted by molar-refractivity contribution is 6.31. The van der Waals surface area contributed by atoms with Crippen molar-refractivity contribution in [2.24, 2.45) is 0 Å². The van der Waals surface area contributed by atoms with E-state index < -0.39 is 29.8 Å². The van der Waals surface area contributed by atoms with E-state index in [1.165, 1.54) is 24.5 Å². The van der Waals surface area contributed by atoms with Gasteiger partial charge in [-0.3, -0.25) is 9.59 Å². The number of rotatable bonds is 8. The predicted molar refractivity (Wildman–Crippen MR) is 126 cm³/mol. The van der Waals surface area contributed by atoms with Gasteiger partial charge in [0.25, 0.3) is 11.5 Å². The SMILES string of the molecule is O=C(CNC(=O)C(F)Cl)Nc1cc2c(Nc3ccc(F)c(Cl)c3)ncnc2cc1O[C@H]1CCOC1. The molecule has 1 fully saturated rings. The van der Waals surface area contributed by atoms with Crippen molar-refractivity contribution in [3.8, 4) is 5.75 Å². The Morgan fingerprint density at radius 2 is 2.09 bits per heavy atom. The van der Waals surface area contributed by atoms with Gasteiger partial charge in [0.2, 0.25) is 5.91 Å². The van der Waals surface area contributed by atoms with Crippen LogP contribution in [0.3, 0.4) is 0 Å². The second-order valence-corrected chi connectivity index (χ2v) is 8.30. The summed E-state index contributed by atoms with van der Waals surface area (Å²) in [5.41, 5.74) is -1.02. The molecule has 2 heterocycles. The van der Waals surface area contributed by atoms with Crippen molar-refractivity contribution in [3.63, 3.8) is 0 Å². The number of halogens is 4. The van der Waals surface area contributed by atoms with E-state index in [4.69, 9.17) is 32.7 Å². The van der Waals surface area contributed by atoms with Crippen LogP contribution in [0, 0.1) is 5.82 Å². The van der Waals surface area contributed by atoms with E-state index in [1.807, 2.05) is 0 Å². The van der Waals surface area contributed by atoms with E-state index in [9.17, 15) is 18.4 Å². The van der Waals surface area contributed by atoms with Crippen LogP contribution in [0.4, 0.5) is 26.0 Å². The maximum Gasteiger partial charge on any atom is 0.270 e. The summed E-state index contributed by atoms with van der Waals surface area (Å²) >= 11 is 10.9. The van der Waals surface area contributed by atoms with Gasteiger partial charge in [-0.05, 0) is 24.3 Å². The molecule has 3 aromatic rings. The minimum atomic E-state index is -2.27. The number of amides is 2. The van der Waals surface area contributed by atoms with Gasteiger partial charge in [-0.2, -0.15) is 0 Å². The van der Waals surface area contributed by atoms with Crippen LogP contribution < -0.4 is 20.7 Å². The standard InChI is InChI=1S/C22H19Cl2F2N5O4/c23-14-5-11(1-2-15(14)25)30-21-13-6-17(31-19(32)8-27-22(33)20(24)26)18(7-16(13)28-10-29-21)35-12-3-4-34-9-12/h1-2,5-7,10,12,20H,3-4,8-9H2,(H,27,33)(H,31,32)(H,28,29,30)/t12-,20?/m0/s1. The van der Waals surface area contributed by atoms with E-state index in [2.05, 4.69) is 25.9 Å². The molecule has 0 bridgehead atoms. The van der Waals surface area contributed by atoms with Crippen LogP contribution >= 0.6 is 23.2 Å². The fraction of sp³-hybridized carbons (Fsp3) is 0.273. The normalized spacial score (nSPS) is 16.1. The Bertz CT molecular complexity index is 1260. The van der Waals surface area contributed by atoms with E-state index >= 15 is 0 Å². The Morgan fingerprint density at radius 3 is 2.80 bits per heavy atom. The summed E-state index contributed by atoms with van der Waals surface area (Å²) in [4.78, 5) is 32.3. The summed E-state index contributed by atoms with van der Waals surface area (Å²) in [7, 11) is 0. The molecular formula is C22H19Cl2F2N5O4. The molecule has 1 aliphatic heterocycles. The van der Waals surface area contributed by atoms with Crippen molar-refractivity contribution in [2.75, 3.05) is 30.4 Å². The molecule has 2 atom stereocenters. The second kappa shape index (κ2) is 11.0. The van der Waals surface area contributed by atoms with Crippen LogP contribution in [0.15, 0.2) is 36.7 Å². The molecule has 2 aromatic carbocycles. The number of anilines is 3. The number of nitrogens with one attached hydrogen (secondary N) is 3. The van der Waals surface area contributed by atoms with Gasteiger partial charge < -0.3 is 25.4 Å². The van der Waals surface area contributed by atoms with Crippen molar-refractivity contribution in [1.29, 1.82) is 0 Å². The van der Waals surface area contributed by atoms with Crippen molar-refractivity contribution < 1.29 is 27.8 Å². The van der Waals surface area contributed by atoms with Gasteiger partial charge in [0.05, 0.1) is 36.0 Å². The molecule has 0 saturated carbocycles. The molecule has 1 unspecified atom stereocenters. The molecular weight excluding hydrogens is 507 g/mol. The van der Waals surface area contributed by atoms with Gasteiger partial charge in [-0.1, -0.05) is 23.2 Å². The number of hydrogen-bond acceptors (Lipinski definition) is 7. The van der Waals surface area contributed by atoms with Gasteiger partial charge in [0.1, 0.15) is 29.8 Å². The molecule has 9 nitrogen and oxygen atoms in total. The average molecular weight is 526 g/mol. The van der Waals surface area contributed by atoms with Crippen molar-refractivity contribution in [2.45, 2.75) is 18.2 Å². The van der Waals surface area contributed by atoms with E-state index in [0.29, 0.717) is 47.8 Å². The first-order valence-electron chi connectivity index (χ1n) is 10.4. The zero-order valence-corrected chi connectivity index (χ0v) is 19.5. The van der Waals surface area contributed by atoms with E-state index in [1.54, 1.807) is 12.1 Å². The number of fused-ring (bicyclic) bond motifs is 1. The number of aromatic nitrogens is 2. The molecule has 4 rings (SSSR count). The minimum absolute atomic E-state index is 0.0645. The first-order chi connectivity index (χ1) is 16.8. The molecule has 184 valence electrons. The molecule has 0 spiro atoms. The third-order valence-corrected chi connectivity index (χ3v) is 5.48. The number of hydrogen-bond donors (Lipinski definition) is 3. The molecule has 13 heteroatoms. The Hall–Kier alpha value is -3.28. The Balaban J connectivity index is 1.65. The average Bonchev–Trinajstić information content (AvgIpc) is 3.33. The lowest BCUT2D eigenvalue weighted by Gasteiger charge is -2.18. The van der Waals surface area contributed by atoms with Gasteiger partial charge >= 0.3 is 0 Å². The van der Waals surface area contributed by atoms with Crippen LogP contribution in [0.1, 0.15) is 6.42 Å². The summed E-state index contributed by atoms with van der Waals surface area (Å²) in [6.45, 7) is 0.419. The van der Waals surface area contributed by atoms with Crippen LogP contribution in [0.25, 0.3) is 10.9 Å². The molecule has 1 aliphatic rings. The van der Waals surface area contributed by atoms with E-state index in [0.717, 1.165) is 0 Å². The zero-order chi connectivity index (χ0) is 24.9. The first kappa shape index (κ1) is 24.8. The lowest BCUT2D eigenvalue weighted by atomic mass is 10.1. The highest BCUT2D eigenvalue weighted by Gasteiger charge is 2.21. The number of carbonyl (C=O) groups is 2. The summed E-state index contributed by atoms with van der Waals surface area (Å²) in [6, 6.07) is 7.33. The highest BCUT2D eigenvalue weighted by Crippen LogP contribution is 2.35. The Morgan fingerprint density at radius 1 is 1.26 bits per heavy atom. The third-order valence-electron chi connectivity index (χ3n) is 5.00. The Kier molecular flexibility index (Phi) is 7.79. The predicted octanol–water partition coefficient (Wildman–Crippen LogP) is 3.92. The summed E-state index contributed by atoms with van der Waals surface area (Å²) < 4.78 is 37.7. The molecule has 0 radical (unpaired) electrons. The number of benzene rings is 2. The highest BCUT2D eigenvalue weighted by atomic mass is 35.5. The fourth-order valence-corrected chi connectivity index (χ4v) is 3.57. The van der Waals surface area contributed by atoms with Crippen LogP contribution in [-0.4, -0.2) is 53.3 Å². The molecule has 3 N–H and O–H groups in total. The van der Waals surface area contributed by atoms with Crippen molar-refractivity contribution >= 4 is 63.1 Å². The second-order valence-electron chi connectivity index (χ2n) is 7.51. The molecule has 0 aliphatic carbocycles. The topological polar surface area (TPSA) is 114 Å². The number of ether oxygens (including phenoxy) is 2. The fourth-order valence-electron chi connectivity index (χ4n) is 3.31. The first-order valence-corrected chi connectivity index (χ1v) is 11.2. The van der Waals surface area contributed by atoms with Crippen LogP contribution in [0.5, 0.6) is 5.75 Å². The summed E-state index contributed by atoms with van der Waals surface area (Å²) in [6.07, 6.45) is 1.77. The largest absolute Gasteiger partial charge is 0.486 e. The van der Waals surface area contributed by atoms with Crippen molar-refractivity contribution in [3.05, 3.63) is 47.5 Å². The molecule has 1 aromatic heterocycles. The summed E-state index contributed by atoms with van der Waals surface area (Å²) in [5, 5.41) is 8.22. The summed E-state index contributed by atoms with van der Waals surface area (Å²) in [5.74, 6) is -1.65.